The first-order valence-corrected chi connectivity index (χ1v) is 10.5. The van der Waals surface area contributed by atoms with Crippen molar-refractivity contribution in [1.82, 2.24) is 15.1 Å². The second-order valence-corrected chi connectivity index (χ2v) is 9.08. The molecule has 1 unspecified atom stereocenters. The Morgan fingerprint density at radius 1 is 1.31 bits per heavy atom. The van der Waals surface area contributed by atoms with Crippen LogP contribution in [0.1, 0.15) is 19.4 Å². The zero-order chi connectivity index (χ0) is 20.8. The Kier molecular flexibility index (Phi) is 5.59. The summed E-state index contributed by atoms with van der Waals surface area (Å²) in [5.41, 5.74) is 1.83. The first-order valence-electron chi connectivity index (χ1n) is 10.2. The van der Waals surface area contributed by atoms with Crippen molar-refractivity contribution in [3.8, 4) is 0 Å². The van der Waals surface area contributed by atoms with Crippen LogP contribution in [0.5, 0.6) is 0 Å². The Balaban J connectivity index is 1.54. The number of amides is 2. The van der Waals surface area contributed by atoms with E-state index in [1.54, 1.807) is 14.0 Å². The molecule has 0 aromatic heterocycles. The largest absolute Gasteiger partial charge is 0.383 e. The number of likely N-dealkylation sites (tertiary alicyclic amines) is 1. The number of carbonyl (C=O) groups excluding carboxylic acids is 2. The molecule has 2 atom stereocenters. The number of nitrogens with zero attached hydrogens (tertiary/aromatic N) is 3. The summed E-state index contributed by atoms with van der Waals surface area (Å²) in [5.74, 6) is 0.148. The predicted octanol–water partition coefficient (Wildman–Crippen LogP) is 1.10. The molecule has 1 spiro atoms. The SMILES string of the molecule is COCC1CN[C@H](C)CN1CC(=O)N1CC2(CN(C(C)=O)C2)c2ccc(Cl)cc21. The van der Waals surface area contributed by atoms with Gasteiger partial charge in [0.15, 0.2) is 0 Å². The monoisotopic (exact) mass is 420 g/mol. The number of piperazine rings is 1. The average molecular weight is 421 g/mol. The van der Waals surface area contributed by atoms with Crippen LogP contribution in [0.4, 0.5) is 5.69 Å². The quantitative estimate of drug-likeness (QED) is 0.790. The lowest BCUT2D eigenvalue weighted by atomic mass is 9.75. The fourth-order valence-electron chi connectivity index (χ4n) is 4.89. The molecule has 2 fully saturated rings. The molecule has 8 heteroatoms. The molecular weight excluding hydrogens is 392 g/mol. The number of ether oxygens (including phenoxy) is 1. The van der Waals surface area contributed by atoms with Crippen LogP contribution in [0.15, 0.2) is 18.2 Å². The third-order valence-corrected chi connectivity index (χ3v) is 6.68. The molecule has 0 aliphatic carbocycles. The van der Waals surface area contributed by atoms with Gasteiger partial charge in [-0.25, -0.2) is 0 Å². The van der Waals surface area contributed by atoms with E-state index in [-0.39, 0.29) is 23.3 Å². The molecule has 1 N–H and O–H groups in total. The number of carbonyl (C=O) groups is 2. The summed E-state index contributed by atoms with van der Waals surface area (Å²) >= 11 is 6.26. The summed E-state index contributed by atoms with van der Waals surface area (Å²) in [6.45, 7) is 8.17. The number of methoxy groups -OCH3 is 1. The van der Waals surface area contributed by atoms with Crippen LogP contribution < -0.4 is 10.2 Å². The Morgan fingerprint density at radius 3 is 2.76 bits per heavy atom. The van der Waals surface area contributed by atoms with E-state index in [2.05, 4.69) is 17.1 Å². The van der Waals surface area contributed by atoms with Crippen LogP contribution in [-0.4, -0.2) is 86.7 Å². The van der Waals surface area contributed by atoms with E-state index in [9.17, 15) is 9.59 Å². The number of rotatable bonds is 4. The van der Waals surface area contributed by atoms with Crippen molar-refractivity contribution in [1.29, 1.82) is 0 Å². The average Bonchev–Trinajstić information content (AvgIpc) is 2.97. The van der Waals surface area contributed by atoms with E-state index in [1.165, 1.54) is 0 Å². The van der Waals surface area contributed by atoms with Crippen LogP contribution >= 0.6 is 11.6 Å². The maximum absolute atomic E-state index is 13.4. The molecule has 29 heavy (non-hydrogen) atoms. The molecule has 3 aliphatic rings. The molecule has 0 saturated carbocycles. The van der Waals surface area contributed by atoms with E-state index in [1.807, 2.05) is 28.0 Å². The lowest BCUT2D eigenvalue weighted by molar-refractivity contribution is -0.136. The summed E-state index contributed by atoms with van der Waals surface area (Å²) < 4.78 is 5.36. The van der Waals surface area contributed by atoms with Gasteiger partial charge in [-0.3, -0.25) is 14.5 Å². The molecule has 7 nitrogen and oxygen atoms in total. The normalized spacial score (nSPS) is 25.8. The van der Waals surface area contributed by atoms with Gasteiger partial charge in [0, 0.05) is 69.6 Å². The molecule has 1 aromatic carbocycles. The van der Waals surface area contributed by atoms with Gasteiger partial charge in [0.2, 0.25) is 11.8 Å². The third-order valence-electron chi connectivity index (χ3n) is 6.44. The first-order chi connectivity index (χ1) is 13.8. The summed E-state index contributed by atoms with van der Waals surface area (Å²) in [4.78, 5) is 31.0. The second-order valence-electron chi connectivity index (χ2n) is 8.64. The number of nitrogens with one attached hydrogen (secondary N) is 1. The fourth-order valence-corrected chi connectivity index (χ4v) is 5.06. The van der Waals surface area contributed by atoms with Crippen LogP contribution in [0, 0.1) is 0 Å². The lowest BCUT2D eigenvalue weighted by Crippen LogP contribution is -2.63. The van der Waals surface area contributed by atoms with Gasteiger partial charge < -0.3 is 19.9 Å². The highest BCUT2D eigenvalue weighted by Gasteiger charge is 2.53. The van der Waals surface area contributed by atoms with Crippen molar-refractivity contribution in [3.05, 3.63) is 28.8 Å². The molecule has 3 aliphatic heterocycles. The van der Waals surface area contributed by atoms with Gasteiger partial charge in [-0.1, -0.05) is 17.7 Å². The fraction of sp³-hybridized carbons (Fsp3) is 0.619. The Morgan fingerprint density at radius 2 is 2.07 bits per heavy atom. The van der Waals surface area contributed by atoms with Gasteiger partial charge in [0.1, 0.15) is 0 Å². The van der Waals surface area contributed by atoms with Gasteiger partial charge in [-0.15, -0.1) is 0 Å². The molecular formula is C21H29ClN4O3. The second kappa shape index (κ2) is 7.87. The van der Waals surface area contributed by atoms with Crippen molar-refractivity contribution in [2.75, 3.05) is 57.9 Å². The first kappa shape index (κ1) is 20.6. The van der Waals surface area contributed by atoms with Gasteiger partial charge in [0.25, 0.3) is 0 Å². The number of fused-ring (bicyclic) bond motifs is 2. The highest BCUT2D eigenvalue weighted by molar-refractivity contribution is 6.31. The number of hydrogen-bond acceptors (Lipinski definition) is 5. The maximum atomic E-state index is 13.4. The van der Waals surface area contributed by atoms with Crippen LogP contribution in [0.3, 0.4) is 0 Å². The van der Waals surface area contributed by atoms with Crippen molar-refractivity contribution in [2.24, 2.45) is 0 Å². The predicted molar refractivity (Wildman–Crippen MR) is 112 cm³/mol. The van der Waals surface area contributed by atoms with Crippen molar-refractivity contribution >= 4 is 29.1 Å². The van der Waals surface area contributed by atoms with Crippen LogP contribution in [0.2, 0.25) is 5.02 Å². The highest BCUT2D eigenvalue weighted by atomic mass is 35.5. The molecule has 0 radical (unpaired) electrons. The minimum Gasteiger partial charge on any atom is -0.383 e. The van der Waals surface area contributed by atoms with E-state index >= 15 is 0 Å². The zero-order valence-electron chi connectivity index (χ0n) is 17.3. The standard InChI is InChI=1S/C21H29ClN4O3/c1-14-8-24(17(7-23-14)10-29-3)9-20(28)26-13-21(11-25(12-21)15(2)27)18-5-4-16(22)6-19(18)26/h4-6,14,17,23H,7-13H2,1-3H3/t14-,17?/m1/s1. The zero-order valence-corrected chi connectivity index (χ0v) is 18.0. The van der Waals surface area contributed by atoms with E-state index < -0.39 is 0 Å². The molecule has 2 saturated heterocycles. The lowest BCUT2D eigenvalue weighted by Gasteiger charge is -2.48. The Hall–Kier alpha value is -1.67. The third kappa shape index (κ3) is 3.77. The molecule has 1 aromatic rings. The molecule has 2 amide bonds. The number of anilines is 1. The Labute approximate surface area is 176 Å². The smallest absolute Gasteiger partial charge is 0.241 e. The topological polar surface area (TPSA) is 65.1 Å². The van der Waals surface area contributed by atoms with Crippen molar-refractivity contribution < 1.29 is 14.3 Å². The van der Waals surface area contributed by atoms with E-state index in [4.69, 9.17) is 16.3 Å². The molecule has 4 rings (SSSR count). The van der Waals surface area contributed by atoms with Gasteiger partial charge in [-0.05, 0) is 24.6 Å². The van der Waals surface area contributed by atoms with Crippen molar-refractivity contribution in [2.45, 2.75) is 31.3 Å². The Bertz CT molecular complexity index is 811. The summed E-state index contributed by atoms with van der Waals surface area (Å²) in [6, 6.07) is 6.28. The summed E-state index contributed by atoms with van der Waals surface area (Å²) in [6.07, 6.45) is 0. The number of halogens is 1. The van der Waals surface area contributed by atoms with Gasteiger partial charge in [-0.2, -0.15) is 0 Å². The van der Waals surface area contributed by atoms with Gasteiger partial charge >= 0.3 is 0 Å². The highest BCUT2D eigenvalue weighted by Crippen LogP contribution is 2.47. The molecule has 0 bridgehead atoms. The number of benzene rings is 1. The van der Waals surface area contributed by atoms with Crippen LogP contribution in [0.25, 0.3) is 0 Å². The maximum Gasteiger partial charge on any atom is 0.241 e. The minimum atomic E-state index is -0.177. The van der Waals surface area contributed by atoms with Crippen molar-refractivity contribution in [3.63, 3.8) is 0 Å². The number of hydrogen-bond donors (Lipinski definition) is 1. The van der Waals surface area contributed by atoms with E-state index in [0.717, 1.165) is 24.3 Å². The van der Waals surface area contributed by atoms with Gasteiger partial charge in [0.05, 0.1) is 18.6 Å². The summed E-state index contributed by atoms with van der Waals surface area (Å²) in [7, 11) is 1.69. The van der Waals surface area contributed by atoms with E-state index in [0.29, 0.717) is 43.9 Å². The molecule has 3 heterocycles. The summed E-state index contributed by atoms with van der Waals surface area (Å²) in [5, 5.41) is 4.08. The minimum absolute atomic E-state index is 0.0712. The molecule has 158 valence electrons. The van der Waals surface area contributed by atoms with Crippen LogP contribution in [-0.2, 0) is 19.7 Å².